The van der Waals surface area contributed by atoms with E-state index in [0.717, 1.165) is 0 Å². The van der Waals surface area contributed by atoms with Crippen LogP contribution in [0.2, 0.25) is 39.3 Å². The molecule has 0 aliphatic rings. The second-order valence-electron chi connectivity index (χ2n) is 12.7. The molecule has 0 nitrogen and oxygen atoms in total. The van der Waals surface area contributed by atoms with Gasteiger partial charge in [0.05, 0.1) is 16.1 Å². The Morgan fingerprint density at radius 2 is 0.921 bits per heavy atom. The van der Waals surface area contributed by atoms with E-state index in [9.17, 15) is 0 Å². The Hall–Kier alpha value is -3.47. The number of hydrogen-bond acceptors (Lipinski definition) is 0. The molecule has 6 aromatic rings. The maximum atomic E-state index is 2.52. The molecule has 0 spiro atoms. The molecular formula is C36H36Si2. The average Bonchev–Trinajstić information content (AvgIpc) is 2.90. The average molecular weight is 525 g/mol. The van der Waals surface area contributed by atoms with E-state index in [0.29, 0.717) is 0 Å². The normalized spacial score (nSPS) is 12.5. The molecule has 38 heavy (non-hydrogen) atoms. The van der Waals surface area contributed by atoms with Crippen molar-refractivity contribution in [3.63, 3.8) is 0 Å². The minimum atomic E-state index is -1.52. The maximum absolute atomic E-state index is 2.52. The Morgan fingerprint density at radius 3 is 1.55 bits per heavy atom. The standard InChI is InChI=1S/C36H36Si2/c1-37(2,3)27-20-22-32-33(23-27)35(26-14-8-7-9-15-26)31-21-19-28(38(4,5)6)24-34(31)36(32)30-18-12-16-25-13-10-11-17-29(25)30/h7-24H,1-6H3. The van der Waals surface area contributed by atoms with Gasteiger partial charge in [0.15, 0.2) is 0 Å². The molecule has 0 aliphatic carbocycles. The van der Waals surface area contributed by atoms with E-state index in [1.54, 1.807) is 0 Å². The number of fused-ring (bicyclic) bond motifs is 3. The lowest BCUT2D eigenvalue weighted by Crippen LogP contribution is -2.37. The van der Waals surface area contributed by atoms with Crippen LogP contribution in [-0.2, 0) is 0 Å². The summed E-state index contributed by atoms with van der Waals surface area (Å²) in [6, 6.07) is 41.3. The molecule has 0 N–H and O–H groups in total. The molecule has 0 amide bonds. The van der Waals surface area contributed by atoms with E-state index in [1.165, 1.54) is 64.9 Å². The SMILES string of the molecule is C[Si](C)(C)c1ccc2c(-c3cccc4ccccc34)c3cc([Si](C)(C)C)ccc3c(-c3ccccc3)c2c1. The molecule has 0 fully saturated rings. The molecule has 0 radical (unpaired) electrons. The van der Waals surface area contributed by atoms with Gasteiger partial charge in [0.2, 0.25) is 0 Å². The highest BCUT2D eigenvalue weighted by molar-refractivity contribution is 6.89. The van der Waals surface area contributed by atoms with Crippen LogP contribution >= 0.6 is 0 Å². The lowest BCUT2D eigenvalue weighted by atomic mass is 9.85. The first-order chi connectivity index (χ1) is 18.1. The van der Waals surface area contributed by atoms with Gasteiger partial charge in [-0.3, -0.25) is 0 Å². The van der Waals surface area contributed by atoms with Crippen LogP contribution in [0.3, 0.4) is 0 Å². The van der Waals surface area contributed by atoms with Crippen molar-refractivity contribution in [2.75, 3.05) is 0 Å². The predicted octanol–water partition coefficient (Wildman–Crippen LogP) is 9.57. The molecule has 2 heteroatoms. The highest BCUT2D eigenvalue weighted by atomic mass is 28.3. The second kappa shape index (κ2) is 9.08. The number of rotatable bonds is 4. The smallest absolute Gasteiger partial charge is 0.0656 e. The fraction of sp³-hybridized carbons (Fsp3) is 0.167. The van der Waals surface area contributed by atoms with Crippen molar-refractivity contribution in [2.45, 2.75) is 39.3 Å². The van der Waals surface area contributed by atoms with Crippen LogP contribution in [0, 0.1) is 0 Å². The van der Waals surface area contributed by atoms with Crippen LogP contribution in [0.5, 0.6) is 0 Å². The van der Waals surface area contributed by atoms with Gasteiger partial charge < -0.3 is 0 Å². The zero-order valence-corrected chi connectivity index (χ0v) is 25.4. The Morgan fingerprint density at radius 1 is 0.395 bits per heavy atom. The van der Waals surface area contributed by atoms with Crippen molar-refractivity contribution >= 4 is 58.8 Å². The zero-order chi connectivity index (χ0) is 26.7. The Bertz CT molecular complexity index is 1810. The number of hydrogen-bond donors (Lipinski definition) is 0. The zero-order valence-electron chi connectivity index (χ0n) is 23.4. The molecule has 0 heterocycles. The monoisotopic (exact) mass is 524 g/mol. The van der Waals surface area contributed by atoms with E-state index >= 15 is 0 Å². The third-order valence-corrected chi connectivity index (χ3v) is 12.1. The third-order valence-electron chi connectivity index (χ3n) is 7.97. The lowest BCUT2D eigenvalue weighted by molar-refractivity contribution is 1.66. The summed E-state index contributed by atoms with van der Waals surface area (Å²) in [7, 11) is -3.03. The van der Waals surface area contributed by atoms with E-state index in [1.807, 2.05) is 0 Å². The first-order valence-electron chi connectivity index (χ1n) is 13.7. The maximum Gasteiger partial charge on any atom is 0.0776 e. The van der Waals surface area contributed by atoms with Crippen LogP contribution in [0.25, 0.3) is 54.6 Å². The van der Waals surface area contributed by atoms with Gasteiger partial charge in [-0.2, -0.15) is 0 Å². The first kappa shape index (κ1) is 24.8. The topological polar surface area (TPSA) is 0 Å². The summed E-state index contributed by atoms with van der Waals surface area (Å²) in [5.41, 5.74) is 5.35. The van der Waals surface area contributed by atoms with Gasteiger partial charge in [0.1, 0.15) is 0 Å². The van der Waals surface area contributed by atoms with Crippen molar-refractivity contribution in [1.82, 2.24) is 0 Å². The van der Waals surface area contributed by atoms with Crippen molar-refractivity contribution in [3.8, 4) is 22.3 Å². The van der Waals surface area contributed by atoms with Crippen LogP contribution < -0.4 is 10.4 Å². The summed E-state index contributed by atoms with van der Waals surface area (Å²) in [5.74, 6) is 0. The molecule has 0 unspecified atom stereocenters. The van der Waals surface area contributed by atoms with E-state index in [-0.39, 0.29) is 0 Å². The molecule has 6 aromatic carbocycles. The summed E-state index contributed by atoms with van der Waals surface area (Å²) in [4.78, 5) is 0. The Labute approximate surface area is 229 Å². The molecule has 0 aromatic heterocycles. The fourth-order valence-electron chi connectivity index (χ4n) is 5.81. The second-order valence-corrected chi connectivity index (χ2v) is 22.8. The summed E-state index contributed by atoms with van der Waals surface area (Å²) < 4.78 is 0. The van der Waals surface area contributed by atoms with Crippen LogP contribution in [0.15, 0.2) is 109 Å². The Kier molecular flexibility index (Phi) is 5.93. The molecule has 0 saturated heterocycles. The molecule has 0 atom stereocenters. The van der Waals surface area contributed by atoms with Gasteiger partial charge in [0, 0.05) is 0 Å². The quantitative estimate of drug-likeness (QED) is 0.159. The molecular weight excluding hydrogens is 489 g/mol. The van der Waals surface area contributed by atoms with E-state index < -0.39 is 16.1 Å². The van der Waals surface area contributed by atoms with Crippen LogP contribution in [0.4, 0.5) is 0 Å². The minimum absolute atomic E-state index is 1.29. The van der Waals surface area contributed by atoms with Crippen molar-refractivity contribution in [2.24, 2.45) is 0 Å². The lowest BCUT2D eigenvalue weighted by Gasteiger charge is -2.24. The highest BCUT2D eigenvalue weighted by Crippen LogP contribution is 2.45. The van der Waals surface area contributed by atoms with Gasteiger partial charge in [-0.15, -0.1) is 0 Å². The van der Waals surface area contributed by atoms with Crippen molar-refractivity contribution in [3.05, 3.63) is 109 Å². The van der Waals surface area contributed by atoms with Crippen LogP contribution in [0.1, 0.15) is 0 Å². The van der Waals surface area contributed by atoms with E-state index in [2.05, 4.69) is 148 Å². The van der Waals surface area contributed by atoms with Gasteiger partial charge in [-0.05, 0) is 54.6 Å². The third kappa shape index (κ3) is 4.22. The van der Waals surface area contributed by atoms with Crippen molar-refractivity contribution < 1.29 is 0 Å². The molecule has 0 saturated carbocycles. The summed E-state index contributed by atoms with van der Waals surface area (Å²) >= 11 is 0. The largest absolute Gasteiger partial charge is 0.0776 e. The number of benzene rings is 6. The molecule has 0 aliphatic heterocycles. The first-order valence-corrected chi connectivity index (χ1v) is 20.7. The summed E-state index contributed by atoms with van der Waals surface area (Å²) in [6.45, 7) is 14.7. The fourth-order valence-corrected chi connectivity index (χ4v) is 8.13. The Balaban J connectivity index is 1.87. The van der Waals surface area contributed by atoms with E-state index in [4.69, 9.17) is 0 Å². The summed E-state index contributed by atoms with van der Waals surface area (Å²) in [6.07, 6.45) is 0. The summed E-state index contributed by atoms with van der Waals surface area (Å²) in [5, 5.41) is 11.0. The molecule has 6 rings (SSSR count). The van der Waals surface area contributed by atoms with Gasteiger partial charge >= 0.3 is 0 Å². The minimum Gasteiger partial charge on any atom is -0.0656 e. The van der Waals surface area contributed by atoms with Crippen LogP contribution in [-0.4, -0.2) is 16.1 Å². The molecule has 188 valence electrons. The highest BCUT2D eigenvalue weighted by Gasteiger charge is 2.24. The van der Waals surface area contributed by atoms with Crippen molar-refractivity contribution in [1.29, 1.82) is 0 Å². The van der Waals surface area contributed by atoms with Gasteiger partial charge in [-0.1, -0.05) is 159 Å². The molecule has 0 bridgehead atoms. The predicted molar refractivity (Wildman–Crippen MR) is 176 cm³/mol. The van der Waals surface area contributed by atoms with Gasteiger partial charge in [0.25, 0.3) is 0 Å². The van der Waals surface area contributed by atoms with Gasteiger partial charge in [-0.25, -0.2) is 0 Å².